The summed E-state index contributed by atoms with van der Waals surface area (Å²) in [7, 11) is 0. The fraction of sp³-hybridized carbons (Fsp3) is 0.667. The van der Waals surface area contributed by atoms with Crippen molar-refractivity contribution in [3.63, 3.8) is 0 Å². The monoisotopic (exact) mass is 287 g/mol. The normalized spacial score (nSPS) is 24.5. The molecule has 3 heteroatoms. The Kier molecular flexibility index (Phi) is 5.15. The number of piperidine rings is 1. The van der Waals surface area contributed by atoms with E-state index in [1.807, 2.05) is 6.07 Å². The summed E-state index contributed by atoms with van der Waals surface area (Å²) in [4.78, 5) is 5.40. The molecule has 0 aromatic heterocycles. The average molecular weight is 287 g/mol. The van der Waals surface area contributed by atoms with Crippen LogP contribution in [0.4, 0.5) is 5.69 Å². The van der Waals surface area contributed by atoms with Gasteiger partial charge < -0.3 is 10.6 Å². The van der Waals surface area contributed by atoms with E-state index < -0.39 is 0 Å². The Morgan fingerprint density at radius 1 is 1.10 bits per heavy atom. The molecule has 0 spiro atoms. The summed E-state index contributed by atoms with van der Waals surface area (Å²) in [5.74, 6) is 0. The lowest BCUT2D eigenvalue weighted by Crippen LogP contribution is -2.40. The third-order valence-corrected chi connectivity index (χ3v) is 5.05. The first-order valence-corrected chi connectivity index (χ1v) is 8.62. The van der Waals surface area contributed by atoms with E-state index in [1.54, 1.807) is 0 Å². The number of nitrogens with two attached hydrogens (primary N) is 1. The van der Waals surface area contributed by atoms with Crippen LogP contribution in [0.2, 0.25) is 0 Å². The van der Waals surface area contributed by atoms with Crippen LogP contribution < -0.4 is 5.73 Å². The molecule has 1 atom stereocenters. The molecule has 2 aliphatic heterocycles. The van der Waals surface area contributed by atoms with Crippen molar-refractivity contribution in [3.8, 4) is 0 Å². The van der Waals surface area contributed by atoms with Crippen LogP contribution in [0, 0.1) is 0 Å². The van der Waals surface area contributed by atoms with Gasteiger partial charge in [0.2, 0.25) is 0 Å². The van der Waals surface area contributed by atoms with Gasteiger partial charge in [0.05, 0.1) is 0 Å². The lowest BCUT2D eigenvalue weighted by Gasteiger charge is -2.32. The van der Waals surface area contributed by atoms with Gasteiger partial charge in [0, 0.05) is 18.3 Å². The van der Waals surface area contributed by atoms with E-state index >= 15 is 0 Å². The number of rotatable bonds is 5. The first-order valence-electron chi connectivity index (χ1n) is 8.62. The van der Waals surface area contributed by atoms with Gasteiger partial charge in [-0.2, -0.15) is 0 Å². The minimum Gasteiger partial charge on any atom is -0.399 e. The zero-order valence-corrected chi connectivity index (χ0v) is 13.1. The molecular weight excluding hydrogens is 258 g/mol. The molecule has 2 heterocycles. The number of nitrogens with zero attached hydrogens (tertiary/aromatic N) is 2. The standard InChI is InChI=1S/C18H29N3/c19-17-8-4-6-16(14-17)7-5-10-20-13-9-18(15-20)21-11-2-1-3-12-21/h4,6,8,14,18H,1-3,5,7,9-13,15,19H2. The Labute approximate surface area is 129 Å². The van der Waals surface area contributed by atoms with Crippen molar-refractivity contribution >= 4 is 5.69 Å². The molecule has 0 saturated carbocycles. The Morgan fingerprint density at radius 2 is 1.95 bits per heavy atom. The van der Waals surface area contributed by atoms with E-state index in [0.29, 0.717) is 0 Å². The third kappa shape index (κ3) is 4.21. The van der Waals surface area contributed by atoms with Crippen LogP contribution in [-0.4, -0.2) is 48.6 Å². The lowest BCUT2D eigenvalue weighted by atomic mass is 10.1. The van der Waals surface area contributed by atoms with Crippen molar-refractivity contribution in [2.45, 2.75) is 44.6 Å². The highest BCUT2D eigenvalue weighted by atomic mass is 15.3. The van der Waals surface area contributed by atoms with Crippen LogP contribution in [0.5, 0.6) is 0 Å². The lowest BCUT2D eigenvalue weighted by molar-refractivity contribution is 0.162. The average Bonchev–Trinajstić information content (AvgIpc) is 2.97. The van der Waals surface area contributed by atoms with E-state index in [1.165, 1.54) is 70.4 Å². The number of likely N-dealkylation sites (tertiary alicyclic amines) is 2. The summed E-state index contributed by atoms with van der Waals surface area (Å²) in [6.07, 6.45) is 8.02. The van der Waals surface area contributed by atoms with Gasteiger partial charge in [-0.1, -0.05) is 18.6 Å². The minimum atomic E-state index is 0.831. The van der Waals surface area contributed by atoms with Gasteiger partial charge in [-0.05, 0) is 76.0 Å². The van der Waals surface area contributed by atoms with Crippen LogP contribution in [0.25, 0.3) is 0 Å². The maximum Gasteiger partial charge on any atom is 0.0316 e. The largest absolute Gasteiger partial charge is 0.399 e. The smallest absolute Gasteiger partial charge is 0.0316 e. The van der Waals surface area contributed by atoms with E-state index in [0.717, 1.165) is 18.2 Å². The number of aryl methyl sites for hydroxylation is 1. The third-order valence-electron chi connectivity index (χ3n) is 5.05. The quantitative estimate of drug-likeness (QED) is 0.845. The van der Waals surface area contributed by atoms with Crippen molar-refractivity contribution in [2.24, 2.45) is 0 Å². The number of hydrogen-bond donors (Lipinski definition) is 1. The molecule has 0 amide bonds. The van der Waals surface area contributed by atoms with Gasteiger partial charge in [0.15, 0.2) is 0 Å². The molecule has 0 aliphatic carbocycles. The Balaban J connectivity index is 1.38. The topological polar surface area (TPSA) is 32.5 Å². The second-order valence-corrected chi connectivity index (χ2v) is 6.69. The van der Waals surface area contributed by atoms with Crippen LogP contribution in [0.15, 0.2) is 24.3 Å². The number of anilines is 1. The summed E-state index contributed by atoms with van der Waals surface area (Å²) < 4.78 is 0. The molecule has 116 valence electrons. The minimum absolute atomic E-state index is 0.831. The molecule has 1 unspecified atom stereocenters. The molecular formula is C18H29N3. The highest BCUT2D eigenvalue weighted by Crippen LogP contribution is 2.20. The van der Waals surface area contributed by atoms with Crippen molar-refractivity contribution in [3.05, 3.63) is 29.8 Å². The molecule has 3 nitrogen and oxygen atoms in total. The van der Waals surface area contributed by atoms with Gasteiger partial charge in [-0.3, -0.25) is 4.90 Å². The number of nitrogen functional groups attached to an aromatic ring is 1. The van der Waals surface area contributed by atoms with E-state index in [-0.39, 0.29) is 0 Å². The maximum atomic E-state index is 5.84. The molecule has 1 aromatic rings. The van der Waals surface area contributed by atoms with E-state index in [9.17, 15) is 0 Å². The highest BCUT2D eigenvalue weighted by Gasteiger charge is 2.27. The molecule has 0 bridgehead atoms. The summed E-state index contributed by atoms with van der Waals surface area (Å²) in [5, 5.41) is 0. The van der Waals surface area contributed by atoms with Crippen molar-refractivity contribution < 1.29 is 0 Å². The van der Waals surface area contributed by atoms with Crippen LogP contribution in [0.1, 0.15) is 37.7 Å². The highest BCUT2D eigenvalue weighted by molar-refractivity contribution is 5.40. The molecule has 21 heavy (non-hydrogen) atoms. The molecule has 2 aliphatic rings. The van der Waals surface area contributed by atoms with Crippen molar-refractivity contribution in [1.29, 1.82) is 0 Å². The Morgan fingerprint density at radius 3 is 2.76 bits per heavy atom. The summed E-state index contributed by atoms with van der Waals surface area (Å²) in [5.41, 5.74) is 8.10. The molecule has 1 aromatic carbocycles. The second kappa shape index (κ2) is 7.28. The number of hydrogen-bond acceptors (Lipinski definition) is 3. The van der Waals surface area contributed by atoms with Crippen LogP contribution >= 0.6 is 0 Å². The van der Waals surface area contributed by atoms with Gasteiger partial charge in [0.25, 0.3) is 0 Å². The summed E-state index contributed by atoms with van der Waals surface area (Å²) in [6, 6.07) is 9.16. The van der Waals surface area contributed by atoms with Gasteiger partial charge >= 0.3 is 0 Å². The van der Waals surface area contributed by atoms with Crippen LogP contribution in [0.3, 0.4) is 0 Å². The Bertz CT molecular complexity index is 440. The summed E-state index contributed by atoms with van der Waals surface area (Å²) in [6.45, 7) is 6.48. The van der Waals surface area contributed by atoms with Crippen molar-refractivity contribution in [2.75, 3.05) is 38.5 Å². The molecule has 2 N–H and O–H groups in total. The van der Waals surface area contributed by atoms with E-state index in [4.69, 9.17) is 5.73 Å². The second-order valence-electron chi connectivity index (χ2n) is 6.69. The Hall–Kier alpha value is -1.06. The molecule has 0 radical (unpaired) electrons. The SMILES string of the molecule is Nc1cccc(CCCN2CCC(N3CCCCC3)C2)c1. The molecule has 2 saturated heterocycles. The predicted octanol–water partition coefficient (Wildman–Crippen LogP) is 2.76. The molecule has 2 fully saturated rings. The van der Waals surface area contributed by atoms with Gasteiger partial charge in [-0.25, -0.2) is 0 Å². The van der Waals surface area contributed by atoms with Gasteiger partial charge in [0.1, 0.15) is 0 Å². The van der Waals surface area contributed by atoms with Crippen LogP contribution in [-0.2, 0) is 6.42 Å². The fourth-order valence-corrected chi connectivity index (χ4v) is 3.85. The zero-order chi connectivity index (χ0) is 14.5. The zero-order valence-electron chi connectivity index (χ0n) is 13.1. The van der Waals surface area contributed by atoms with Crippen molar-refractivity contribution in [1.82, 2.24) is 9.80 Å². The first kappa shape index (κ1) is 14.9. The predicted molar refractivity (Wildman–Crippen MR) is 89.4 cm³/mol. The van der Waals surface area contributed by atoms with E-state index in [2.05, 4.69) is 28.0 Å². The first-order chi connectivity index (χ1) is 10.3. The van der Waals surface area contributed by atoms with Gasteiger partial charge in [-0.15, -0.1) is 0 Å². The molecule has 3 rings (SSSR count). The maximum absolute atomic E-state index is 5.84. The summed E-state index contributed by atoms with van der Waals surface area (Å²) >= 11 is 0. The number of benzene rings is 1. The fourth-order valence-electron chi connectivity index (χ4n) is 3.85.